The predicted molar refractivity (Wildman–Crippen MR) is 67.2 cm³/mol. The van der Waals surface area contributed by atoms with Crippen LogP contribution in [0.2, 0.25) is 0 Å². The molecule has 16 heavy (non-hydrogen) atoms. The zero-order chi connectivity index (χ0) is 11.8. The van der Waals surface area contributed by atoms with E-state index in [1.807, 2.05) is 0 Å². The van der Waals surface area contributed by atoms with Gasteiger partial charge in [0.2, 0.25) is 0 Å². The minimum absolute atomic E-state index is 0.0943. The number of hydrogen-bond donors (Lipinski definition) is 0. The maximum atomic E-state index is 11.7. The molecule has 2 rings (SSSR count). The molecule has 0 aliphatic heterocycles. The fourth-order valence-electron chi connectivity index (χ4n) is 2.71. The first kappa shape index (κ1) is 11.4. The molecule has 0 aromatic rings. The zero-order valence-corrected chi connectivity index (χ0v) is 10.5. The Labute approximate surface area is 97.9 Å². The van der Waals surface area contributed by atoms with Gasteiger partial charge in [0.15, 0.2) is 5.78 Å². The number of ketones is 1. The molecule has 1 unspecified atom stereocenters. The van der Waals surface area contributed by atoms with Gasteiger partial charge in [-0.15, -0.1) is 0 Å². The lowest BCUT2D eigenvalue weighted by molar-refractivity contribution is -0.111. The van der Waals surface area contributed by atoms with Gasteiger partial charge < -0.3 is 0 Å². The Morgan fingerprint density at radius 1 is 1.44 bits per heavy atom. The fourth-order valence-corrected chi connectivity index (χ4v) is 2.71. The summed E-state index contributed by atoms with van der Waals surface area (Å²) in [5.74, 6) is 0.252. The molecule has 0 amide bonds. The summed E-state index contributed by atoms with van der Waals surface area (Å²) in [5, 5.41) is 0. The molecular formula is C15H20O. The van der Waals surface area contributed by atoms with Crippen molar-refractivity contribution in [1.29, 1.82) is 0 Å². The molecule has 0 fully saturated rings. The second kappa shape index (κ2) is 4.04. The van der Waals surface area contributed by atoms with E-state index in [2.05, 4.69) is 32.9 Å². The summed E-state index contributed by atoms with van der Waals surface area (Å²) >= 11 is 0. The van der Waals surface area contributed by atoms with E-state index < -0.39 is 0 Å². The third-order valence-corrected chi connectivity index (χ3v) is 3.74. The van der Waals surface area contributed by atoms with Crippen molar-refractivity contribution in [3.63, 3.8) is 0 Å². The third-order valence-electron chi connectivity index (χ3n) is 3.74. The fraction of sp³-hybridized carbons (Fsp3) is 0.533. The maximum Gasteiger partial charge on any atom is 0.181 e. The molecular weight excluding hydrogens is 196 g/mol. The molecule has 0 bridgehead atoms. The SMILES string of the molecule is CC(C)=CCC1(C)C=CC(=O)C2=C1CCC2. The third kappa shape index (κ3) is 1.91. The average molecular weight is 216 g/mol. The van der Waals surface area contributed by atoms with Crippen LogP contribution in [0.3, 0.4) is 0 Å². The Hall–Kier alpha value is -1.11. The predicted octanol–water partition coefficient (Wildman–Crippen LogP) is 3.97. The topological polar surface area (TPSA) is 17.1 Å². The molecule has 1 nitrogen and oxygen atoms in total. The van der Waals surface area contributed by atoms with Gasteiger partial charge in [-0.3, -0.25) is 4.79 Å². The summed E-state index contributed by atoms with van der Waals surface area (Å²) in [6.45, 7) is 6.52. The molecule has 0 aromatic carbocycles. The van der Waals surface area contributed by atoms with Crippen molar-refractivity contribution in [2.75, 3.05) is 0 Å². The van der Waals surface area contributed by atoms with Crippen LogP contribution in [0.4, 0.5) is 0 Å². The standard InChI is InChI=1S/C15H20O/c1-11(2)7-9-15(3)10-8-14(16)12-5-4-6-13(12)15/h7-8,10H,4-6,9H2,1-3H3. The summed E-state index contributed by atoms with van der Waals surface area (Å²) in [4.78, 5) is 11.7. The van der Waals surface area contributed by atoms with E-state index in [9.17, 15) is 4.79 Å². The molecule has 0 saturated heterocycles. The molecule has 0 aromatic heterocycles. The molecule has 0 spiro atoms. The van der Waals surface area contributed by atoms with Crippen molar-refractivity contribution >= 4 is 5.78 Å². The van der Waals surface area contributed by atoms with Gasteiger partial charge in [-0.05, 0) is 51.2 Å². The van der Waals surface area contributed by atoms with Gasteiger partial charge in [0.25, 0.3) is 0 Å². The molecule has 2 aliphatic rings. The molecule has 0 heterocycles. The number of allylic oxidation sites excluding steroid dienone is 6. The highest BCUT2D eigenvalue weighted by atomic mass is 16.1. The normalized spacial score (nSPS) is 28.3. The van der Waals surface area contributed by atoms with E-state index in [0.717, 1.165) is 31.3 Å². The molecule has 0 radical (unpaired) electrons. The summed E-state index contributed by atoms with van der Waals surface area (Å²) in [7, 11) is 0. The smallest absolute Gasteiger partial charge is 0.181 e. The second-order valence-electron chi connectivity index (χ2n) is 5.41. The Balaban J connectivity index is 2.31. The summed E-state index contributed by atoms with van der Waals surface area (Å²) in [6.07, 6.45) is 10.5. The summed E-state index contributed by atoms with van der Waals surface area (Å²) < 4.78 is 0. The van der Waals surface area contributed by atoms with E-state index in [-0.39, 0.29) is 11.2 Å². The van der Waals surface area contributed by atoms with Crippen LogP contribution < -0.4 is 0 Å². The van der Waals surface area contributed by atoms with Crippen LogP contribution in [0.5, 0.6) is 0 Å². The maximum absolute atomic E-state index is 11.7. The summed E-state index contributed by atoms with van der Waals surface area (Å²) in [5.41, 5.74) is 3.95. The van der Waals surface area contributed by atoms with Gasteiger partial charge in [0, 0.05) is 5.41 Å². The lowest BCUT2D eigenvalue weighted by Crippen LogP contribution is -2.21. The Morgan fingerprint density at radius 2 is 2.19 bits per heavy atom. The monoisotopic (exact) mass is 216 g/mol. The second-order valence-corrected chi connectivity index (χ2v) is 5.41. The van der Waals surface area contributed by atoms with Gasteiger partial charge >= 0.3 is 0 Å². The van der Waals surface area contributed by atoms with Gasteiger partial charge in [0.1, 0.15) is 0 Å². The first-order valence-corrected chi connectivity index (χ1v) is 6.12. The first-order valence-electron chi connectivity index (χ1n) is 6.12. The van der Waals surface area contributed by atoms with E-state index in [4.69, 9.17) is 0 Å². The van der Waals surface area contributed by atoms with E-state index in [1.54, 1.807) is 6.08 Å². The molecule has 1 atom stereocenters. The number of carbonyl (C=O) groups is 1. The first-order chi connectivity index (χ1) is 7.53. The highest BCUT2D eigenvalue weighted by Crippen LogP contribution is 2.45. The van der Waals surface area contributed by atoms with Crippen LogP contribution in [0.25, 0.3) is 0 Å². The largest absolute Gasteiger partial charge is 0.290 e. The van der Waals surface area contributed by atoms with E-state index in [1.165, 1.54) is 11.1 Å². The van der Waals surface area contributed by atoms with E-state index in [0.29, 0.717) is 0 Å². The van der Waals surface area contributed by atoms with Gasteiger partial charge in [-0.2, -0.15) is 0 Å². The number of hydrogen-bond acceptors (Lipinski definition) is 1. The zero-order valence-electron chi connectivity index (χ0n) is 10.5. The Morgan fingerprint density at radius 3 is 2.88 bits per heavy atom. The minimum Gasteiger partial charge on any atom is -0.290 e. The Bertz CT molecular complexity index is 405. The van der Waals surface area contributed by atoms with E-state index >= 15 is 0 Å². The number of carbonyl (C=O) groups excluding carboxylic acids is 1. The van der Waals surface area contributed by atoms with Crippen LogP contribution in [0.15, 0.2) is 34.9 Å². The van der Waals surface area contributed by atoms with Crippen molar-refractivity contribution in [2.24, 2.45) is 5.41 Å². The minimum atomic E-state index is 0.0943. The molecule has 1 heteroatoms. The molecule has 0 saturated carbocycles. The van der Waals surface area contributed by atoms with Gasteiger partial charge in [0.05, 0.1) is 0 Å². The van der Waals surface area contributed by atoms with Gasteiger partial charge in [-0.1, -0.05) is 30.2 Å². The highest BCUT2D eigenvalue weighted by molar-refractivity contribution is 6.06. The van der Waals surface area contributed by atoms with Crippen molar-refractivity contribution in [3.05, 3.63) is 34.9 Å². The Kier molecular flexibility index (Phi) is 2.88. The van der Waals surface area contributed by atoms with Crippen molar-refractivity contribution in [2.45, 2.75) is 46.5 Å². The highest BCUT2D eigenvalue weighted by Gasteiger charge is 2.35. The van der Waals surface area contributed by atoms with Crippen molar-refractivity contribution in [3.8, 4) is 0 Å². The average Bonchev–Trinajstić information content (AvgIpc) is 2.72. The van der Waals surface area contributed by atoms with Crippen LogP contribution in [-0.2, 0) is 4.79 Å². The quantitative estimate of drug-likeness (QED) is 0.638. The lowest BCUT2D eigenvalue weighted by atomic mass is 9.73. The summed E-state index contributed by atoms with van der Waals surface area (Å²) in [6, 6.07) is 0. The molecule has 86 valence electrons. The molecule has 2 aliphatic carbocycles. The van der Waals surface area contributed by atoms with Crippen LogP contribution in [-0.4, -0.2) is 5.78 Å². The van der Waals surface area contributed by atoms with Crippen LogP contribution in [0.1, 0.15) is 46.5 Å². The van der Waals surface area contributed by atoms with Crippen LogP contribution >= 0.6 is 0 Å². The lowest BCUT2D eigenvalue weighted by Gasteiger charge is -2.30. The van der Waals surface area contributed by atoms with Crippen LogP contribution in [0, 0.1) is 5.41 Å². The van der Waals surface area contributed by atoms with Crippen molar-refractivity contribution in [1.82, 2.24) is 0 Å². The van der Waals surface area contributed by atoms with Crippen molar-refractivity contribution < 1.29 is 4.79 Å². The van der Waals surface area contributed by atoms with Gasteiger partial charge in [-0.25, -0.2) is 0 Å². The molecule has 0 N–H and O–H groups in total. The number of rotatable bonds is 2.